The van der Waals surface area contributed by atoms with Crippen LogP contribution in [0.25, 0.3) is 11.2 Å². The monoisotopic (exact) mass is 393 g/mol. The number of nitrogens with two attached hydrogens (primary N) is 1. The Morgan fingerprint density at radius 1 is 1.11 bits per heavy atom. The van der Waals surface area contributed by atoms with E-state index in [0.29, 0.717) is 24.3 Å². The summed E-state index contributed by atoms with van der Waals surface area (Å²) in [6.07, 6.45) is 2.76. The summed E-state index contributed by atoms with van der Waals surface area (Å²) < 4.78 is 7.18. The van der Waals surface area contributed by atoms with Crippen LogP contribution in [0.2, 0.25) is 0 Å². The lowest BCUT2D eigenvalue weighted by Gasteiger charge is -2.34. The van der Waals surface area contributed by atoms with Gasteiger partial charge in [0.05, 0.1) is 13.2 Å². The zero-order valence-electron chi connectivity index (χ0n) is 16.6. The highest BCUT2D eigenvalue weighted by Gasteiger charge is 2.17. The maximum Gasteiger partial charge on any atom is 0.327 e. The number of rotatable bonds is 10. The van der Waals surface area contributed by atoms with Gasteiger partial charge in [-0.1, -0.05) is 13.3 Å². The summed E-state index contributed by atoms with van der Waals surface area (Å²) in [6, 6.07) is 0.214. The standard InChI is InChI=1S/C18H31N7O3/c1-2-3-13-28-17-21-15(19)14-16(22-17)25(18(27)20-14)6-4-5-23-7-9-24(10-8-23)11-12-26/h26H,2-13H2,1H3,(H,20,27)(H2,19,21,22). The summed E-state index contributed by atoms with van der Waals surface area (Å²) in [4.78, 5) is 28.3. The molecule has 0 bridgehead atoms. The van der Waals surface area contributed by atoms with E-state index in [1.165, 1.54) is 0 Å². The molecule has 1 saturated heterocycles. The number of imidazole rings is 1. The number of hydrogen-bond acceptors (Lipinski definition) is 8. The van der Waals surface area contributed by atoms with Gasteiger partial charge >= 0.3 is 11.7 Å². The van der Waals surface area contributed by atoms with Crippen LogP contribution in [0.4, 0.5) is 5.82 Å². The van der Waals surface area contributed by atoms with Crippen molar-refractivity contribution in [3.05, 3.63) is 10.5 Å². The smallest absolute Gasteiger partial charge is 0.327 e. The molecule has 1 fully saturated rings. The fraction of sp³-hybridized carbons (Fsp3) is 0.722. The Bertz CT molecular complexity index is 811. The third kappa shape index (κ3) is 5.00. The van der Waals surface area contributed by atoms with Crippen molar-refractivity contribution in [2.24, 2.45) is 0 Å². The highest BCUT2D eigenvalue weighted by Crippen LogP contribution is 2.18. The van der Waals surface area contributed by atoms with Gasteiger partial charge in [-0.05, 0) is 19.4 Å². The molecule has 10 heteroatoms. The van der Waals surface area contributed by atoms with Gasteiger partial charge in [0.1, 0.15) is 5.52 Å². The lowest BCUT2D eigenvalue weighted by Crippen LogP contribution is -2.47. The fourth-order valence-corrected chi connectivity index (χ4v) is 3.44. The molecule has 1 aliphatic heterocycles. The number of aliphatic hydroxyl groups excluding tert-OH is 1. The van der Waals surface area contributed by atoms with Gasteiger partial charge < -0.3 is 25.5 Å². The number of aromatic amines is 1. The second-order valence-corrected chi connectivity index (χ2v) is 7.13. The van der Waals surface area contributed by atoms with E-state index in [1.807, 2.05) is 0 Å². The molecule has 0 radical (unpaired) electrons. The third-order valence-corrected chi connectivity index (χ3v) is 5.10. The first-order valence-electron chi connectivity index (χ1n) is 10.1. The third-order valence-electron chi connectivity index (χ3n) is 5.10. The Kier molecular flexibility index (Phi) is 7.24. The molecule has 0 atom stereocenters. The summed E-state index contributed by atoms with van der Waals surface area (Å²) in [5.41, 5.74) is 6.71. The zero-order chi connectivity index (χ0) is 19.9. The lowest BCUT2D eigenvalue weighted by atomic mass is 10.3. The van der Waals surface area contributed by atoms with Crippen molar-refractivity contribution in [1.82, 2.24) is 29.3 Å². The average Bonchev–Trinajstić information content (AvgIpc) is 3.00. The number of aromatic nitrogens is 4. The van der Waals surface area contributed by atoms with Gasteiger partial charge in [-0.2, -0.15) is 9.97 Å². The summed E-state index contributed by atoms with van der Waals surface area (Å²) >= 11 is 0. The SMILES string of the molecule is CCCCOc1nc(N)c2[nH]c(=O)n(CCCN3CCN(CCO)CC3)c2n1. The van der Waals surface area contributed by atoms with Gasteiger partial charge in [0.25, 0.3) is 0 Å². The van der Waals surface area contributed by atoms with Crippen molar-refractivity contribution >= 4 is 17.0 Å². The first kappa shape index (κ1) is 20.6. The van der Waals surface area contributed by atoms with E-state index in [2.05, 4.69) is 31.7 Å². The van der Waals surface area contributed by atoms with Crippen LogP contribution >= 0.6 is 0 Å². The van der Waals surface area contributed by atoms with E-state index >= 15 is 0 Å². The molecule has 3 heterocycles. The molecule has 0 saturated carbocycles. The maximum absolute atomic E-state index is 12.4. The number of nitrogens with zero attached hydrogens (tertiary/aromatic N) is 5. The van der Waals surface area contributed by atoms with Crippen molar-refractivity contribution in [1.29, 1.82) is 0 Å². The van der Waals surface area contributed by atoms with Gasteiger partial charge in [-0.3, -0.25) is 9.47 Å². The van der Waals surface area contributed by atoms with Crippen molar-refractivity contribution in [3.8, 4) is 6.01 Å². The number of anilines is 1. The second-order valence-electron chi connectivity index (χ2n) is 7.13. The Morgan fingerprint density at radius 2 is 1.82 bits per heavy atom. The first-order valence-corrected chi connectivity index (χ1v) is 10.1. The molecular weight excluding hydrogens is 362 g/mol. The topological polar surface area (TPSA) is 126 Å². The first-order chi connectivity index (χ1) is 13.6. The summed E-state index contributed by atoms with van der Waals surface area (Å²) in [7, 11) is 0. The number of aryl methyl sites for hydroxylation is 1. The van der Waals surface area contributed by atoms with Crippen LogP contribution in [0.3, 0.4) is 0 Å². The van der Waals surface area contributed by atoms with Gasteiger partial charge in [0.2, 0.25) is 0 Å². The van der Waals surface area contributed by atoms with E-state index in [-0.39, 0.29) is 24.1 Å². The molecule has 4 N–H and O–H groups in total. The highest BCUT2D eigenvalue weighted by molar-refractivity contribution is 5.81. The maximum atomic E-state index is 12.4. The van der Waals surface area contributed by atoms with Crippen LogP contribution < -0.4 is 16.2 Å². The fourth-order valence-electron chi connectivity index (χ4n) is 3.44. The molecule has 10 nitrogen and oxygen atoms in total. The summed E-state index contributed by atoms with van der Waals surface area (Å²) in [5.74, 6) is 0.229. The summed E-state index contributed by atoms with van der Waals surface area (Å²) in [5, 5.41) is 9.02. The van der Waals surface area contributed by atoms with Crippen LogP contribution in [-0.4, -0.2) is 86.9 Å². The predicted octanol–water partition coefficient (Wildman–Crippen LogP) is -0.119. The molecule has 0 unspecified atom stereocenters. The minimum Gasteiger partial charge on any atom is -0.463 e. The minimum absolute atomic E-state index is 0.207. The number of β-amino-alcohol motifs (C(OH)–C–C–N with tert-alkyl or cyclic N) is 1. The molecule has 28 heavy (non-hydrogen) atoms. The van der Waals surface area contributed by atoms with Gasteiger partial charge in [-0.15, -0.1) is 0 Å². The normalized spacial score (nSPS) is 16.1. The molecule has 2 aromatic rings. The number of aliphatic hydroxyl groups is 1. The molecule has 3 rings (SSSR count). The number of fused-ring (bicyclic) bond motifs is 1. The number of nitrogen functional groups attached to an aromatic ring is 1. The van der Waals surface area contributed by atoms with E-state index in [4.69, 9.17) is 15.6 Å². The van der Waals surface area contributed by atoms with E-state index in [9.17, 15) is 4.79 Å². The van der Waals surface area contributed by atoms with Crippen LogP contribution in [-0.2, 0) is 6.54 Å². The zero-order valence-corrected chi connectivity index (χ0v) is 16.6. The molecule has 1 aliphatic rings. The van der Waals surface area contributed by atoms with Crippen LogP contribution in [0.15, 0.2) is 4.79 Å². The number of nitrogens with one attached hydrogen (secondary N) is 1. The highest BCUT2D eigenvalue weighted by atomic mass is 16.5. The molecule has 0 aliphatic carbocycles. The molecular formula is C18H31N7O3. The molecule has 2 aromatic heterocycles. The van der Waals surface area contributed by atoms with Gasteiger partial charge in [0.15, 0.2) is 11.5 Å². The Labute approximate surface area is 164 Å². The van der Waals surface area contributed by atoms with Crippen molar-refractivity contribution in [2.75, 3.05) is 58.2 Å². The van der Waals surface area contributed by atoms with Crippen LogP contribution in [0, 0.1) is 0 Å². The van der Waals surface area contributed by atoms with E-state index in [0.717, 1.165) is 58.5 Å². The lowest BCUT2D eigenvalue weighted by molar-refractivity contribution is 0.111. The quantitative estimate of drug-likeness (QED) is 0.477. The Balaban J connectivity index is 1.61. The van der Waals surface area contributed by atoms with Crippen molar-refractivity contribution < 1.29 is 9.84 Å². The second kappa shape index (κ2) is 9.85. The van der Waals surface area contributed by atoms with Gasteiger partial charge in [-0.25, -0.2) is 4.79 Å². The van der Waals surface area contributed by atoms with Crippen molar-refractivity contribution in [3.63, 3.8) is 0 Å². The van der Waals surface area contributed by atoms with Gasteiger partial charge in [0, 0.05) is 39.3 Å². The van der Waals surface area contributed by atoms with E-state index in [1.54, 1.807) is 4.57 Å². The van der Waals surface area contributed by atoms with Crippen LogP contribution in [0.1, 0.15) is 26.2 Å². The number of hydrogen-bond donors (Lipinski definition) is 3. The molecule has 0 amide bonds. The number of piperazine rings is 1. The Morgan fingerprint density at radius 3 is 2.50 bits per heavy atom. The predicted molar refractivity (Wildman–Crippen MR) is 108 cm³/mol. The summed E-state index contributed by atoms with van der Waals surface area (Å²) in [6.45, 7) is 8.91. The van der Waals surface area contributed by atoms with E-state index < -0.39 is 0 Å². The number of ether oxygens (including phenoxy) is 1. The Hall–Kier alpha value is -2.17. The largest absolute Gasteiger partial charge is 0.463 e. The molecule has 0 spiro atoms. The minimum atomic E-state index is -0.227. The number of H-pyrrole nitrogens is 1. The number of unbranched alkanes of at least 4 members (excludes halogenated alkanes) is 1. The molecule has 156 valence electrons. The average molecular weight is 393 g/mol. The molecule has 0 aromatic carbocycles. The van der Waals surface area contributed by atoms with Crippen molar-refractivity contribution in [2.45, 2.75) is 32.7 Å². The van der Waals surface area contributed by atoms with Crippen LogP contribution in [0.5, 0.6) is 6.01 Å².